The highest BCUT2D eigenvalue weighted by Gasteiger charge is 2.46. The van der Waals surface area contributed by atoms with Crippen LogP contribution < -0.4 is 11.1 Å². The van der Waals surface area contributed by atoms with Crippen LogP contribution in [0.15, 0.2) is 47.3 Å². The van der Waals surface area contributed by atoms with Crippen LogP contribution in [-0.2, 0) is 16.8 Å². The van der Waals surface area contributed by atoms with Crippen molar-refractivity contribution in [2.75, 3.05) is 25.5 Å². The molecule has 4 N–H and O–H groups in total. The molecular formula is C23H26FN7O4. The van der Waals surface area contributed by atoms with Crippen molar-refractivity contribution in [2.24, 2.45) is 5.73 Å². The number of halogens is 1. The van der Waals surface area contributed by atoms with Crippen molar-refractivity contribution in [2.45, 2.75) is 37.5 Å². The Hall–Kier alpha value is -3.79. The predicted octanol–water partition coefficient (Wildman–Crippen LogP) is 1.82. The average molecular weight is 484 g/mol. The number of nitrogens with zero attached hydrogens (tertiary/aromatic N) is 5. The normalized spacial score (nSPS) is 21.4. The number of methoxy groups -OCH3 is 1. The molecule has 1 fully saturated rings. The molecular weight excluding hydrogens is 457 g/mol. The van der Waals surface area contributed by atoms with Crippen molar-refractivity contribution >= 4 is 11.7 Å². The summed E-state index contributed by atoms with van der Waals surface area (Å²) in [6.07, 6.45) is 1.63. The maximum Gasteiger partial charge on any atom is 0.254 e. The van der Waals surface area contributed by atoms with E-state index in [1.165, 1.54) is 24.3 Å². The molecule has 0 bridgehead atoms. The van der Waals surface area contributed by atoms with Gasteiger partial charge in [-0.15, -0.1) is 0 Å². The van der Waals surface area contributed by atoms with Crippen LogP contribution in [0.25, 0.3) is 11.5 Å². The third-order valence-corrected chi connectivity index (χ3v) is 6.21. The molecule has 35 heavy (non-hydrogen) atoms. The number of aliphatic hydroxyl groups excluding tert-OH is 1. The molecule has 4 rings (SSSR count). The number of aliphatic hydroxyl groups is 1. The highest BCUT2D eigenvalue weighted by Crippen LogP contribution is 2.37. The lowest BCUT2D eigenvalue weighted by Gasteiger charge is -2.43. The number of amides is 1. The SMILES string of the molecule is COC(O)Nc1nn(C2(CC#N)CCN(Cc3ccc(-c4ncco4)cc3)CC2F)cc1C(N)=O. The summed E-state index contributed by atoms with van der Waals surface area (Å²) in [6, 6.07) is 9.73. The van der Waals surface area contributed by atoms with E-state index in [1.54, 1.807) is 6.20 Å². The van der Waals surface area contributed by atoms with E-state index in [1.807, 2.05) is 29.2 Å². The fraction of sp³-hybridized carbons (Fsp3) is 0.391. The van der Waals surface area contributed by atoms with E-state index >= 15 is 4.39 Å². The second-order valence-corrected chi connectivity index (χ2v) is 8.36. The van der Waals surface area contributed by atoms with Gasteiger partial charge in [0.1, 0.15) is 23.5 Å². The monoisotopic (exact) mass is 483 g/mol. The number of nitrogens with one attached hydrogen (secondary N) is 1. The fourth-order valence-corrected chi connectivity index (χ4v) is 4.26. The predicted molar refractivity (Wildman–Crippen MR) is 122 cm³/mol. The molecule has 0 aliphatic carbocycles. The summed E-state index contributed by atoms with van der Waals surface area (Å²) >= 11 is 0. The van der Waals surface area contributed by atoms with E-state index in [4.69, 9.17) is 14.9 Å². The number of carbonyl (C=O) groups is 1. The molecule has 1 aliphatic rings. The lowest BCUT2D eigenvalue weighted by molar-refractivity contribution is -0.0514. The number of hydrogen-bond acceptors (Lipinski definition) is 9. The topological polar surface area (TPSA) is 155 Å². The Labute approximate surface area is 200 Å². The van der Waals surface area contributed by atoms with Crippen LogP contribution in [0.2, 0.25) is 0 Å². The molecule has 1 aromatic carbocycles. The van der Waals surface area contributed by atoms with Crippen LogP contribution >= 0.6 is 0 Å². The van der Waals surface area contributed by atoms with E-state index in [2.05, 4.69) is 21.5 Å². The highest BCUT2D eigenvalue weighted by molar-refractivity contribution is 5.97. The Morgan fingerprint density at radius 1 is 1.49 bits per heavy atom. The van der Waals surface area contributed by atoms with Gasteiger partial charge in [-0.1, -0.05) is 12.1 Å². The second kappa shape index (κ2) is 10.2. The van der Waals surface area contributed by atoms with Gasteiger partial charge in [-0.05, 0) is 24.1 Å². The van der Waals surface area contributed by atoms with Gasteiger partial charge in [0, 0.05) is 38.5 Å². The number of benzene rings is 1. The molecule has 0 radical (unpaired) electrons. The first-order valence-corrected chi connectivity index (χ1v) is 11.0. The highest BCUT2D eigenvalue weighted by atomic mass is 19.1. The van der Waals surface area contributed by atoms with Crippen LogP contribution in [0.4, 0.5) is 10.2 Å². The van der Waals surface area contributed by atoms with Gasteiger partial charge in [-0.3, -0.25) is 14.4 Å². The van der Waals surface area contributed by atoms with Crippen molar-refractivity contribution in [1.82, 2.24) is 19.7 Å². The number of alkyl halides is 1. The van der Waals surface area contributed by atoms with Gasteiger partial charge in [0.2, 0.25) is 12.3 Å². The van der Waals surface area contributed by atoms with Gasteiger partial charge in [0.25, 0.3) is 5.91 Å². The third kappa shape index (κ3) is 5.02. The van der Waals surface area contributed by atoms with Crippen LogP contribution in [-0.4, -0.2) is 63.5 Å². The number of piperidine rings is 1. The van der Waals surface area contributed by atoms with E-state index in [-0.39, 0.29) is 30.8 Å². The maximum atomic E-state index is 15.8. The molecule has 2 aromatic heterocycles. The summed E-state index contributed by atoms with van der Waals surface area (Å²) in [5, 5.41) is 26.0. The van der Waals surface area contributed by atoms with Gasteiger partial charge in [-0.25, -0.2) is 9.37 Å². The minimum absolute atomic E-state index is 0.0424. The number of rotatable bonds is 9. The molecule has 1 saturated heterocycles. The molecule has 3 unspecified atom stereocenters. The summed E-state index contributed by atoms with van der Waals surface area (Å²) in [5.74, 6) is -0.332. The summed E-state index contributed by atoms with van der Waals surface area (Å²) in [4.78, 5) is 18.0. The summed E-state index contributed by atoms with van der Waals surface area (Å²) in [7, 11) is 1.25. The molecule has 11 nitrogen and oxygen atoms in total. The largest absolute Gasteiger partial charge is 0.445 e. The molecule has 1 amide bonds. The number of carbonyl (C=O) groups excluding carboxylic acids is 1. The van der Waals surface area contributed by atoms with Gasteiger partial charge in [0.15, 0.2) is 5.82 Å². The second-order valence-electron chi connectivity index (χ2n) is 8.36. The van der Waals surface area contributed by atoms with Gasteiger partial charge in [0.05, 0.1) is 18.7 Å². The number of aromatic nitrogens is 3. The van der Waals surface area contributed by atoms with Gasteiger partial charge < -0.3 is 25.3 Å². The fourth-order valence-electron chi connectivity index (χ4n) is 4.26. The summed E-state index contributed by atoms with van der Waals surface area (Å²) < 4.78 is 27.1. The zero-order chi connectivity index (χ0) is 25.0. The molecule has 0 saturated carbocycles. The molecule has 3 heterocycles. The number of anilines is 1. The standard InChI is InChI=1S/C23H26FN7O4/c1-34-22(33)28-20-17(19(26)32)13-31(29-20)23(6-8-25)7-10-30(14-18(23)24)12-15-2-4-16(5-3-15)21-27-9-11-35-21/h2-5,9,11,13,18,22,33H,6-7,10,12,14H2,1H3,(H2,26,32)(H,28,29). The average Bonchev–Trinajstić information content (AvgIpc) is 3.52. The molecule has 184 valence electrons. The molecule has 3 atom stereocenters. The number of nitriles is 1. The van der Waals surface area contributed by atoms with Gasteiger partial charge >= 0.3 is 0 Å². The van der Waals surface area contributed by atoms with Crippen LogP contribution in [0.1, 0.15) is 28.8 Å². The number of ether oxygens (including phenoxy) is 1. The summed E-state index contributed by atoms with van der Waals surface area (Å²) in [5.41, 5.74) is 5.96. The Balaban J connectivity index is 1.51. The smallest absolute Gasteiger partial charge is 0.254 e. The van der Waals surface area contributed by atoms with E-state index in [9.17, 15) is 15.2 Å². The number of nitrogens with two attached hydrogens (primary N) is 1. The Bertz CT molecular complexity index is 1190. The lowest BCUT2D eigenvalue weighted by atomic mass is 9.83. The minimum Gasteiger partial charge on any atom is -0.445 e. The van der Waals surface area contributed by atoms with Crippen molar-refractivity contribution in [3.63, 3.8) is 0 Å². The first-order chi connectivity index (χ1) is 16.9. The minimum atomic E-state index is -1.46. The number of primary amides is 1. The first-order valence-electron chi connectivity index (χ1n) is 11.0. The van der Waals surface area contributed by atoms with Crippen molar-refractivity contribution in [3.8, 4) is 17.5 Å². The zero-order valence-electron chi connectivity index (χ0n) is 19.1. The number of oxazole rings is 1. The number of likely N-dealkylation sites (tertiary alicyclic amines) is 1. The molecule has 0 spiro atoms. The van der Waals surface area contributed by atoms with E-state index in [0.717, 1.165) is 11.1 Å². The van der Waals surface area contributed by atoms with Crippen LogP contribution in [0, 0.1) is 11.3 Å². The number of hydrogen-bond donors (Lipinski definition) is 3. The van der Waals surface area contributed by atoms with Crippen molar-refractivity contribution < 1.29 is 23.4 Å². The Morgan fingerprint density at radius 3 is 2.86 bits per heavy atom. The maximum absolute atomic E-state index is 15.8. The van der Waals surface area contributed by atoms with Crippen LogP contribution in [0.3, 0.4) is 0 Å². The van der Waals surface area contributed by atoms with E-state index < -0.39 is 24.0 Å². The molecule has 12 heteroatoms. The third-order valence-electron chi connectivity index (χ3n) is 6.21. The van der Waals surface area contributed by atoms with Crippen molar-refractivity contribution in [3.05, 3.63) is 54.0 Å². The van der Waals surface area contributed by atoms with Gasteiger partial charge in [-0.2, -0.15) is 10.4 Å². The first kappa shape index (κ1) is 24.3. The Morgan fingerprint density at radius 2 is 2.26 bits per heavy atom. The van der Waals surface area contributed by atoms with Crippen molar-refractivity contribution in [1.29, 1.82) is 5.26 Å². The lowest BCUT2D eigenvalue weighted by Crippen LogP contribution is -2.54. The van der Waals surface area contributed by atoms with Crippen LogP contribution in [0.5, 0.6) is 0 Å². The Kier molecular flexibility index (Phi) is 7.11. The molecule has 1 aliphatic heterocycles. The molecule has 3 aromatic rings. The zero-order valence-corrected chi connectivity index (χ0v) is 19.1. The summed E-state index contributed by atoms with van der Waals surface area (Å²) in [6.45, 7) is 1.09. The van der Waals surface area contributed by atoms with E-state index in [0.29, 0.717) is 19.0 Å². The quantitative estimate of drug-likeness (QED) is 0.386.